The third kappa shape index (κ3) is 6.81. The van der Waals surface area contributed by atoms with Gasteiger partial charge >= 0.3 is 6.09 Å². The molecule has 0 fully saturated rings. The van der Waals surface area contributed by atoms with Crippen molar-refractivity contribution in [2.75, 3.05) is 5.75 Å². The Morgan fingerprint density at radius 1 is 1.11 bits per heavy atom. The van der Waals surface area contributed by atoms with Crippen molar-refractivity contribution in [3.8, 4) is 0 Å². The van der Waals surface area contributed by atoms with Gasteiger partial charge in [0, 0.05) is 4.90 Å². The van der Waals surface area contributed by atoms with Crippen LogP contribution >= 0.6 is 0 Å². The fourth-order valence-corrected chi connectivity index (χ4v) is 3.67. The zero-order chi connectivity index (χ0) is 20.0. The van der Waals surface area contributed by atoms with E-state index in [1.165, 1.54) is 0 Å². The maximum atomic E-state index is 12.6. The molecule has 0 aliphatic heterocycles. The standard InChI is InChI=1S/C21H27NO4S/c1-15-10-12-17(13-11-15)27(25)14-18(23)19(16-8-6-5-7-9-16)22-20(24)26-21(2,3)4/h5-13,18-19,23H,14H2,1-4H3,(H,22,24)/t18-,19-,27?/m1/s1. The number of ether oxygens (including phenoxy) is 1. The highest BCUT2D eigenvalue weighted by Gasteiger charge is 2.27. The largest absolute Gasteiger partial charge is 0.444 e. The number of aliphatic hydroxyl groups excluding tert-OH is 1. The number of aliphatic hydroxyl groups is 1. The van der Waals surface area contributed by atoms with Gasteiger partial charge in [0.15, 0.2) is 0 Å². The molecule has 0 saturated carbocycles. The lowest BCUT2D eigenvalue weighted by Gasteiger charge is -2.27. The second-order valence-electron chi connectivity index (χ2n) is 7.43. The van der Waals surface area contributed by atoms with E-state index in [-0.39, 0.29) is 5.75 Å². The molecule has 1 unspecified atom stereocenters. The first kappa shape index (κ1) is 21.1. The lowest BCUT2D eigenvalue weighted by Crippen LogP contribution is -2.41. The average Bonchev–Trinajstić information content (AvgIpc) is 2.59. The van der Waals surface area contributed by atoms with E-state index in [2.05, 4.69) is 5.32 Å². The molecule has 2 aromatic carbocycles. The van der Waals surface area contributed by atoms with Gasteiger partial charge in [-0.05, 0) is 45.4 Å². The third-order valence-electron chi connectivity index (χ3n) is 3.82. The van der Waals surface area contributed by atoms with Crippen LogP contribution in [0, 0.1) is 6.92 Å². The molecule has 146 valence electrons. The molecule has 0 saturated heterocycles. The van der Waals surface area contributed by atoms with Gasteiger partial charge in [0.05, 0.1) is 28.7 Å². The van der Waals surface area contributed by atoms with E-state index in [9.17, 15) is 14.1 Å². The Morgan fingerprint density at radius 3 is 2.26 bits per heavy atom. The minimum Gasteiger partial charge on any atom is -0.444 e. The maximum absolute atomic E-state index is 12.6. The van der Waals surface area contributed by atoms with Gasteiger partial charge in [-0.3, -0.25) is 4.21 Å². The van der Waals surface area contributed by atoms with E-state index < -0.39 is 34.6 Å². The molecule has 0 aliphatic carbocycles. The van der Waals surface area contributed by atoms with Crippen molar-refractivity contribution in [3.63, 3.8) is 0 Å². The Hall–Kier alpha value is -2.18. The summed E-state index contributed by atoms with van der Waals surface area (Å²) in [4.78, 5) is 12.9. The van der Waals surface area contributed by atoms with E-state index in [4.69, 9.17) is 4.74 Å². The Labute approximate surface area is 163 Å². The summed E-state index contributed by atoms with van der Waals surface area (Å²) in [5.41, 5.74) is 1.14. The highest BCUT2D eigenvalue weighted by molar-refractivity contribution is 7.85. The number of aryl methyl sites for hydroxylation is 1. The topological polar surface area (TPSA) is 75.6 Å². The zero-order valence-corrected chi connectivity index (χ0v) is 17.0. The van der Waals surface area contributed by atoms with Gasteiger partial charge in [-0.2, -0.15) is 0 Å². The molecule has 0 spiro atoms. The molecule has 2 rings (SSSR count). The lowest BCUT2D eigenvalue weighted by atomic mass is 10.0. The first-order valence-corrected chi connectivity index (χ1v) is 10.1. The normalized spacial score (nSPS) is 14.9. The molecule has 0 aromatic heterocycles. The summed E-state index contributed by atoms with van der Waals surface area (Å²) in [7, 11) is -1.39. The average molecular weight is 390 g/mol. The number of amides is 1. The number of nitrogens with one attached hydrogen (secondary N) is 1. The van der Waals surface area contributed by atoms with Crippen molar-refractivity contribution >= 4 is 16.9 Å². The van der Waals surface area contributed by atoms with Crippen LogP contribution in [0.15, 0.2) is 59.5 Å². The van der Waals surface area contributed by atoms with Gasteiger partial charge in [0.2, 0.25) is 0 Å². The predicted molar refractivity (Wildman–Crippen MR) is 107 cm³/mol. The number of alkyl carbamates (subject to hydrolysis) is 1. The third-order valence-corrected chi connectivity index (χ3v) is 5.26. The van der Waals surface area contributed by atoms with Crippen LogP contribution in [0.2, 0.25) is 0 Å². The van der Waals surface area contributed by atoms with Crippen LogP contribution in [0.3, 0.4) is 0 Å². The van der Waals surface area contributed by atoms with Crippen LogP contribution in [0.25, 0.3) is 0 Å². The van der Waals surface area contributed by atoms with Crippen LogP contribution in [-0.4, -0.2) is 32.9 Å². The molecular weight excluding hydrogens is 362 g/mol. The van der Waals surface area contributed by atoms with Crippen LogP contribution < -0.4 is 5.32 Å². The number of rotatable bonds is 6. The summed E-state index contributed by atoms with van der Waals surface area (Å²) in [6.07, 6.45) is -1.67. The fraction of sp³-hybridized carbons (Fsp3) is 0.381. The number of hydrogen-bond acceptors (Lipinski definition) is 4. The second kappa shape index (κ2) is 9.15. The van der Waals surface area contributed by atoms with Gasteiger partial charge in [-0.1, -0.05) is 48.0 Å². The summed E-state index contributed by atoms with van der Waals surface area (Å²) in [6, 6.07) is 15.7. The Bertz CT molecular complexity index is 769. The summed E-state index contributed by atoms with van der Waals surface area (Å²) in [5, 5.41) is 13.4. The Balaban J connectivity index is 2.15. The number of hydrogen-bond donors (Lipinski definition) is 2. The zero-order valence-electron chi connectivity index (χ0n) is 16.1. The highest BCUT2D eigenvalue weighted by atomic mass is 32.2. The smallest absolute Gasteiger partial charge is 0.408 e. The number of carbonyl (C=O) groups is 1. The molecule has 6 heteroatoms. The molecule has 0 aliphatic rings. The number of carbonyl (C=O) groups excluding carboxylic acids is 1. The van der Waals surface area contributed by atoms with Crippen molar-refractivity contribution in [2.45, 2.75) is 50.3 Å². The first-order valence-electron chi connectivity index (χ1n) is 8.83. The minimum atomic E-state index is -1.39. The van der Waals surface area contributed by atoms with Gasteiger partial charge in [0.25, 0.3) is 0 Å². The first-order chi connectivity index (χ1) is 12.7. The minimum absolute atomic E-state index is 0.00157. The molecule has 0 radical (unpaired) electrons. The van der Waals surface area contributed by atoms with E-state index in [1.807, 2.05) is 37.3 Å². The monoisotopic (exact) mass is 389 g/mol. The van der Waals surface area contributed by atoms with Gasteiger partial charge in [0.1, 0.15) is 5.60 Å². The quantitative estimate of drug-likeness (QED) is 0.789. The Morgan fingerprint density at radius 2 is 1.70 bits per heavy atom. The summed E-state index contributed by atoms with van der Waals surface area (Å²) in [5.74, 6) is -0.00157. The number of benzene rings is 2. The van der Waals surface area contributed by atoms with E-state index in [0.29, 0.717) is 4.90 Å². The van der Waals surface area contributed by atoms with Gasteiger partial charge in [-0.25, -0.2) is 4.79 Å². The van der Waals surface area contributed by atoms with Crippen molar-refractivity contribution in [2.24, 2.45) is 0 Å². The van der Waals surface area contributed by atoms with Crippen molar-refractivity contribution in [3.05, 3.63) is 65.7 Å². The fourth-order valence-electron chi connectivity index (χ4n) is 2.53. The maximum Gasteiger partial charge on any atom is 0.408 e. The second-order valence-corrected chi connectivity index (χ2v) is 8.92. The molecule has 0 bridgehead atoms. The SMILES string of the molecule is Cc1ccc(S(=O)C[C@@H](O)[C@H](NC(=O)OC(C)(C)C)c2ccccc2)cc1. The van der Waals surface area contributed by atoms with E-state index >= 15 is 0 Å². The van der Waals surface area contributed by atoms with E-state index in [0.717, 1.165) is 11.1 Å². The molecular formula is C21H27NO4S. The molecule has 5 nitrogen and oxygen atoms in total. The van der Waals surface area contributed by atoms with Crippen molar-refractivity contribution in [1.82, 2.24) is 5.32 Å². The van der Waals surface area contributed by atoms with Crippen molar-refractivity contribution in [1.29, 1.82) is 0 Å². The van der Waals surface area contributed by atoms with Gasteiger partial charge < -0.3 is 15.2 Å². The highest BCUT2D eigenvalue weighted by Crippen LogP contribution is 2.21. The van der Waals surface area contributed by atoms with Crippen LogP contribution in [0.5, 0.6) is 0 Å². The van der Waals surface area contributed by atoms with Crippen molar-refractivity contribution < 1.29 is 18.8 Å². The summed E-state index contributed by atoms with van der Waals surface area (Å²) in [6.45, 7) is 7.27. The van der Waals surface area contributed by atoms with E-state index in [1.54, 1.807) is 45.0 Å². The van der Waals surface area contributed by atoms with Crippen LogP contribution in [-0.2, 0) is 15.5 Å². The molecule has 2 N–H and O–H groups in total. The summed E-state index contributed by atoms with van der Waals surface area (Å²) < 4.78 is 17.9. The lowest BCUT2D eigenvalue weighted by molar-refractivity contribution is 0.0438. The molecule has 27 heavy (non-hydrogen) atoms. The molecule has 3 atom stereocenters. The molecule has 1 amide bonds. The molecule has 0 heterocycles. The van der Waals surface area contributed by atoms with Crippen LogP contribution in [0.1, 0.15) is 37.9 Å². The van der Waals surface area contributed by atoms with Crippen LogP contribution in [0.4, 0.5) is 4.79 Å². The molecule has 2 aromatic rings. The van der Waals surface area contributed by atoms with Gasteiger partial charge in [-0.15, -0.1) is 0 Å². The predicted octanol–water partition coefficient (Wildman–Crippen LogP) is 3.73. The Kier molecular flexibility index (Phi) is 7.16. The summed E-state index contributed by atoms with van der Waals surface area (Å²) >= 11 is 0.